The summed E-state index contributed by atoms with van der Waals surface area (Å²) >= 11 is 0. The van der Waals surface area contributed by atoms with Crippen LogP contribution >= 0.6 is 0 Å². The van der Waals surface area contributed by atoms with Crippen molar-refractivity contribution in [2.75, 3.05) is 13.2 Å². The van der Waals surface area contributed by atoms with Crippen molar-refractivity contribution in [3.8, 4) is 0 Å². The van der Waals surface area contributed by atoms with Gasteiger partial charge < -0.3 is 9.84 Å². The smallest absolute Gasteiger partial charge is 0.359 e. The highest BCUT2D eigenvalue weighted by Crippen LogP contribution is 2.14. The maximum absolute atomic E-state index is 12.2. The number of fused-ring (bicyclic) bond motifs is 1. The van der Waals surface area contributed by atoms with Crippen molar-refractivity contribution >= 4 is 16.7 Å². The molecule has 1 aromatic heterocycles. The highest BCUT2D eigenvalue weighted by atomic mass is 16.5. The molecule has 1 aromatic carbocycles. The van der Waals surface area contributed by atoms with Crippen molar-refractivity contribution in [3.63, 3.8) is 0 Å². The Bertz CT molecular complexity index is 678. The van der Waals surface area contributed by atoms with Crippen LogP contribution in [0, 0.1) is 0 Å². The number of aryl methyl sites for hydroxylation is 1. The third kappa shape index (κ3) is 2.70. The molecule has 0 aliphatic heterocycles. The minimum atomic E-state index is -0.639. The molecule has 2 aromatic rings. The van der Waals surface area contributed by atoms with E-state index in [4.69, 9.17) is 9.84 Å². The van der Waals surface area contributed by atoms with Crippen LogP contribution in [0.3, 0.4) is 0 Å². The normalized spacial score (nSPS) is 10.7. The maximum Gasteiger partial charge on any atom is 0.359 e. The molecule has 0 atom stereocenters. The summed E-state index contributed by atoms with van der Waals surface area (Å²) in [7, 11) is 0. The van der Waals surface area contributed by atoms with Gasteiger partial charge in [-0.3, -0.25) is 4.79 Å². The monoisotopic (exact) mass is 276 g/mol. The van der Waals surface area contributed by atoms with E-state index >= 15 is 0 Å². The van der Waals surface area contributed by atoms with E-state index in [1.54, 1.807) is 24.3 Å². The molecule has 0 aliphatic carbocycles. The Morgan fingerprint density at radius 3 is 2.70 bits per heavy atom. The zero-order chi connectivity index (χ0) is 14.5. The maximum atomic E-state index is 12.2. The number of carbonyl (C=O) groups is 1. The summed E-state index contributed by atoms with van der Waals surface area (Å²) in [5.41, 5.74) is -0.122. The molecule has 0 fully saturated rings. The van der Waals surface area contributed by atoms with Gasteiger partial charge in [-0.25, -0.2) is 9.48 Å². The van der Waals surface area contributed by atoms with E-state index in [0.717, 1.165) is 6.42 Å². The van der Waals surface area contributed by atoms with Gasteiger partial charge in [-0.1, -0.05) is 25.1 Å². The Morgan fingerprint density at radius 1 is 1.35 bits per heavy atom. The summed E-state index contributed by atoms with van der Waals surface area (Å²) in [5, 5.41) is 13.7. The molecule has 0 radical (unpaired) electrons. The summed E-state index contributed by atoms with van der Waals surface area (Å²) in [5.74, 6) is -0.639. The first-order valence-corrected chi connectivity index (χ1v) is 6.47. The zero-order valence-electron chi connectivity index (χ0n) is 11.2. The van der Waals surface area contributed by atoms with Gasteiger partial charge in [0.25, 0.3) is 5.56 Å². The van der Waals surface area contributed by atoms with Crippen LogP contribution in [0.5, 0.6) is 0 Å². The molecular formula is C14H16N2O4. The number of esters is 1. The lowest BCUT2D eigenvalue weighted by atomic mass is 10.1. The Kier molecular flexibility index (Phi) is 4.47. The third-order valence-corrected chi connectivity index (χ3v) is 2.82. The fourth-order valence-corrected chi connectivity index (χ4v) is 1.96. The summed E-state index contributed by atoms with van der Waals surface area (Å²) in [6.07, 6.45) is 0.733. The molecule has 6 heteroatoms. The number of aliphatic hydroxyl groups is 1. The number of aromatic nitrogens is 2. The summed E-state index contributed by atoms with van der Waals surface area (Å²) in [6.45, 7) is 2.01. The second-order valence-corrected chi connectivity index (χ2v) is 4.28. The number of rotatable bonds is 5. The van der Waals surface area contributed by atoms with Gasteiger partial charge in [-0.05, 0) is 12.5 Å². The second kappa shape index (κ2) is 6.29. The average Bonchev–Trinajstić information content (AvgIpc) is 2.48. The topological polar surface area (TPSA) is 81.4 Å². The van der Waals surface area contributed by atoms with Gasteiger partial charge >= 0.3 is 5.97 Å². The molecule has 0 saturated carbocycles. The van der Waals surface area contributed by atoms with Crippen LogP contribution in [0.1, 0.15) is 23.8 Å². The van der Waals surface area contributed by atoms with Gasteiger partial charge in [0.05, 0.1) is 12.0 Å². The Balaban J connectivity index is 2.60. The number of aliphatic hydroxyl groups excluding tert-OH is 1. The minimum absolute atomic E-state index is 0.0955. The van der Waals surface area contributed by atoms with E-state index in [0.29, 0.717) is 17.3 Å². The number of benzene rings is 1. The van der Waals surface area contributed by atoms with Crippen molar-refractivity contribution in [3.05, 3.63) is 40.3 Å². The molecule has 0 saturated heterocycles. The van der Waals surface area contributed by atoms with Crippen molar-refractivity contribution in [1.29, 1.82) is 0 Å². The van der Waals surface area contributed by atoms with E-state index in [1.807, 2.05) is 6.92 Å². The molecule has 1 N–H and O–H groups in total. The summed E-state index contributed by atoms with van der Waals surface area (Å²) in [6, 6.07) is 6.79. The molecule has 0 aliphatic rings. The van der Waals surface area contributed by atoms with Crippen molar-refractivity contribution in [2.24, 2.45) is 0 Å². The second-order valence-electron chi connectivity index (χ2n) is 4.28. The summed E-state index contributed by atoms with van der Waals surface area (Å²) < 4.78 is 6.17. The molecule has 0 bridgehead atoms. The molecule has 0 spiro atoms. The van der Waals surface area contributed by atoms with Gasteiger partial charge in [0.2, 0.25) is 0 Å². The molecule has 0 amide bonds. The van der Waals surface area contributed by atoms with Crippen LogP contribution in [0.25, 0.3) is 10.8 Å². The van der Waals surface area contributed by atoms with Crippen LogP contribution in [0.4, 0.5) is 0 Å². The number of hydrogen-bond acceptors (Lipinski definition) is 5. The highest BCUT2D eigenvalue weighted by Gasteiger charge is 2.17. The predicted octanol–water partition coefficient (Wildman–Crippen LogP) is 0.956. The molecule has 0 unspecified atom stereocenters. The molecule has 1 heterocycles. The molecule has 6 nitrogen and oxygen atoms in total. The van der Waals surface area contributed by atoms with Crippen LogP contribution in [0.2, 0.25) is 0 Å². The first-order valence-electron chi connectivity index (χ1n) is 6.47. The van der Waals surface area contributed by atoms with E-state index in [-0.39, 0.29) is 24.5 Å². The predicted molar refractivity (Wildman–Crippen MR) is 73.7 cm³/mol. The Hall–Kier alpha value is -2.21. The van der Waals surface area contributed by atoms with E-state index in [2.05, 4.69) is 5.10 Å². The number of ether oxygens (including phenoxy) is 1. The Morgan fingerprint density at radius 2 is 2.05 bits per heavy atom. The van der Waals surface area contributed by atoms with Gasteiger partial charge in [0, 0.05) is 11.9 Å². The van der Waals surface area contributed by atoms with Crippen molar-refractivity contribution < 1.29 is 14.6 Å². The lowest BCUT2D eigenvalue weighted by Gasteiger charge is -2.09. The fourth-order valence-electron chi connectivity index (χ4n) is 1.96. The molecule has 2 rings (SSSR count). The first kappa shape index (κ1) is 14.2. The van der Waals surface area contributed by atoms with E-state index < -0.39 is 5.97 Å². The number of hydrogen-bond donors (Lipinski definition) is 1. The molecule has 106 valence electrons. The van der Waals surface area contributed by atoms with Crippen molar-refractivity contribution in [2.45, 2.75) is 19.9 Å². The van der Waals surface area contributed by atoms with Gasteiger partial charge in [0.1, 0.15) is 6.61 Å². The highest BCUT2D eigenvalue weighted by molar-refractivity contribution is 6.02. The fraction of sp³-hybridized carbons (Fsp3) is 0.357. The van der Waals surface area contributed by atoms with Crippen LogP contribution in [0.15, 0.2) is 29.1 Å². The zero-order valence-corrected chi connectivity index (χ0v) is 11.2. The number of carbonyl (C=O) groups excluding carboxylic acids is 1. The number of nitrogens with zero attached hydrogens (tertiary/aromatic N) is 2. The lowest BCUT2D eigenvalue weighted by molar-refractivity contribution is 0.0426. The van der Waals surface area contributed by atoms with Crippen LogP contribution < -0.4 is 5.56 Å². The van der Waals surface area contributed by atoms with Gasteiger partial charge in [0.15, 0.2) is 5.69 Å². The Labute approximate surface area is 115 Å². The molecule has 20 heavy (non-hydrogen) atoms. The largest absolute Gasteiger partial charge is 0.458 e. The van der Waals surface area contributed by atoms with Crippen LogP contribution in [-0.2, 0) is 11.3 Å². The summed E-state index contributed by atoms with van der Waals surface area (Å²) in [4.78, 5) is 24.2. The van der Waals surface area contributed by atoms with Gasteiger partial charge in [-0.15, -0.1) is 0 Å². The lowest BCUT2D eigenvalue weighted by Crippen LogP contribution is -2.26. The van der Waals surface area contributed by atoms with E-state index in [9.17, 15) is 9.59 Å². The van der Waals surface area contributed by atoms with E-state index in [1.165, 1.54) is 4.68 Å². The van der Waals surface area contributed by atoms with Gasteiger partial charge in [-0.2, -0.15) is 5.10 Å². The average molecular weight is 276 g/mol. The first-order chi connectivity index (χ1) is 9.69. The molecular weight excluding hydrogens is 260 g/mol. The third-order valence-electron chi connectivity index (χ3n) is 2.82. The van der Waals surface area contributed by atoms with Crippen molar-refractivity contribution in [1.82, 2.24) is 9.78 Å². The quantitative estimate of drug-likeness (QED) is 0.822. The minimum Gasteiger partial charge on any atom is -0.458 e. The van der Waals surface area contributed by atoms with Crippen LogP contribution in [-0.4, -0.2) is 34.1 Å². The SMILES string of the molecule is CCCn1nc(C(=O)OCCO)c2ccccc2c1=O. The standard InChI is InChI=1S/C14H16N2O4/c1-2-7-16-13(18)11-6-4-3-5-10(11)12(15-16)14(19)20-9-8-17/h3-6,17H,2,7-9H2,1H3.